The molecule has 0 bridgehead atoms. The van der Waals surface area contributed by atoms with Crippen molar-refractivity contribution in [2.24, 2.45) is 0 Å². The minimum absolute atomic E-state index is 0.547. The summed E-state index contributed by atoms with van der Waals surface area (Å²) in [6.45, 7) is 6.05. The van der Waals surface area contributed by atoms with E-state index in [1.807, 2.05) is 19.9 Å². The summed E-state index contributed by atoms with van der Waals surface area (Å²) < 4.78 is 7.29. The molecule has 0 spiro atoms. The van der Waals surface area contributed by atoms with Crippen LogP contribution in [0, 0.1) is 13.8 Å². The van der Waals surface area contributed by atoms with Crippen molar-refractivity contribution in [1.29, 1.82) is 0 Å². The first kappa shape index (κ1) is 14.1. The highest BCUT2D eigenvalue weighted by molar-refractivity contribution is 5.73. The fraction of sp³-hybridized carbons (Fsp3) is 0.412. The molecule has 0 aliphatic heterocycles. The van der Waals surface area contributed by atoms with E-state index >= 15 is 0 Å². The monoisotopic (exact) mass is 309 g/mol. The van der Waals surface area contributed by atoms with E-state index in [-0.39, 0.29) is 0 Å². The number of nitrogens with zero attached hydrogens (tertiary/aromatic N) is 5. The molecule has 23 heavy (non-hydrogen) atoms. The summed E-state index contributed by atoms with van der Waals surface area (Å²) in [7, 11) is 0. The molecule has 1 fully saturated rings. The van der Waals surface area contributed by atoms with Crippen LogP contribution in [0.15, 0.2) is 22.4 Å². The highest BCUT2D eigenvalue weighted by atomic mass is 16.5. The summed E-state index contributed by atoms with van der Waals surface area (Å²) in [4.78, 5) is 9.15. The van der Waals surface area contributed by atoms with Crippen molar-refractivity contribution in [3.63, 3.8) is 0 Å². The van der Waals surface area contributed by atoms with Gasteiger partial charge in [-0.3, -0.25) is 0 Å². The van der Waals surface area contributed by atoms with Crippen LogP contribution in [-0.2, 0) is 0 Å². The van der Waals surface area contributed by atoms with Crippen LogP contribution in [0.3, 0.4) is 0 Å². The molecule has 118 valence electrons. The number of fused-ring (bicyclic) bond motifs is 1. The van der Waals surface area contributed by atoms with Crippen LogP contribution in [0.5, 0.6) is 0 Å². The number of hydrogen-bond acceptors (Lipinski definition) is 5. The number of rotatable bonds is 2. The van der Waals surface area contributed by atoms with Crippen LogP contribution >= 0.6 is 0 Å². The lowest BCUT2D eigenvalue weighted by molar-refractivity contribution is 0.407. The quantitative estimate of drug-likeness (QED) is 0.721. The number of aryl methyl sites for hydroxylation is 2. The van der Waals surface area contributed by atoms with Gasteiger partial charge < -0.3 is 4.52 Å². The van der Waals surface area contributed by atoms with Gasteiger partial charge in [0.05, 0.1) is 11.8 Å². The van der Waals surface area contributed by atoms with E-state index in [2.05, 4.69) is 27.1 Å². The van der Waals surface area contributed by atoms with E-state index in [1.165, 1.54) is 18.4 Å². The molecule has 0 aromatic carbocycles. The zero-order valence-corrected chi connectivity index (χ0v) is 13.6. The van der Waals surface area contributed by atoms with Gasteiger partial charge in [-0.25, -0.2) is 9.50 Å². The number of allylic oxidation sites excluding steroid dienone is 2. The van der Waals surface area contributed by atoms with Crippen LogP contribution < -0.4 is 0 Å². The molecule has 1 saturated carbocycles. The summed E-state index contributed by atoms with van der Waals surface area (Å²) in [5.41, 5.74) is 6.11. The van der Waals surface area contributed by atoms with Crippen molar-refractivity contribution in [2.45, 2.75) is 46.5 Å². The van der Waals surface area contributed by atoms with Gasteiger partial charge in [-0.2, -0.15) is 10.1 Å². The molecular weight excluding hydrogens is 290 g/mol. The van der Waals surface area contributed by atoms with Crippen LogP contribution in [-0.4, -0.2) is 24.7 Å². The van der Waals surface area contributed by atoms with Gasteiger partial charge in [0.2, 0.25) is 5.82 Å². The Labute approximate surface area is 134 Å². The van der Waals surface area contributed by atoms with Crippen molar-refractivity contribution in [3.05, 3.63) is 35.1 Å². The summed E-state index contributed by atoms with van der Waals surface area (Å²) in [5, 5.41) is 8.53. The van der Waals surface area contributed by atoms with Crippen LogP contribution in [0.1, 0.15) is 49.9 Å². The van der Waals surface area contributed by atoms with Crippen molar-refractivity contribution < 1.29 is 4.52 Å². The highest BCUT2D eigenvalue weighted by Gasteiger charge is 2.19. The molecule has 1 aliphatic rings. The highest BCUT2D eigenvalue weighted by Crippen LogP contribution is 2.31. The Morgan fingerprint density at radius 3 is 2.74 bits per heavy atom. The van der Waals surface area contributed by atoms with Gasteiger partial charge in [-0.15, -0.1) is 0 Å². The van der Waals surface area contributed by atoms with Gasteiger partial charge in [0.1, 0.15) is 0 Å². The van der Waals surface area contributed by atoms with Gasteiger partial charge in [0.25, 0.3) is 5.89 Å². The molecule has 6 heteroatoms. The normalized spacial score (nSPS) is 14.8. The first-order chi connectivity index (χ1) is 11.1. The average Bonchev–Trinajstić information content (AvgIpc) is 3.26. The molecule has 0 N–H and O–H groups in total. The zero-order valence-electron chi connectivity index (χ0n) is 13.6. The Morgan fingerprint density at radius 1 is 1.17 bits per heavy atom. The van der Waals surface area contributed by atoms with E-state index in [1.54, 1.807) is 10.7 Å². The Morgan fingerprint density at radius 2 is 1.96 bits per heavy atom. The van der Waals surface area contributed by atoms with Crippen molar-refractivity contribution in [2.75, 3.05) is 0 Å². The first-order valence-electron chi connectivity index (χ1n) is 7.98. The predicted molar refractivity (Wildman–Crippen MR) is 86.8 cm³/mol. The van der Waals surface area contributed by atoms with Crippen LogP contribution in [0.2, 0.25) is 0 Å². The minimum Gasteiger partial charge on any atom is -0.334 e. The largest absolute Gasteiger partial charge is 0.334 e. The maximum atomic E-state index is 5.49. The van der Waals surface area contributed by atoms with Gasteiger partial charge >= 0.3 is 0 Å². The standard InChI is InChI=1S/C17H19N5O/c1-10-8-11(2)22-16(19-10)14(9-18-22)15-20-17(23-21-15)12(3)13-6-4-5-7-13/h8-9H,4-7H2,1-3H3. The van der Waals surface area contributed by atoms with Crippen LogP contribution in [0.4, 0.5) is 0 Å². The van der Waals surface area contributed by atoms with E-state index in [0.29, 0.717) is 11.7 Å². The average molecular weight is 309 g/mol. The maximum Gasteiger partial charge on any atom is 0.253 e. The molecule has 0 saturated heterocycles. The SMILES string of the molecule is CC(=C1CCCC1)c1nc(-c2cnn3c(C)cc(C)nc23)no1. The molecule has 4 rings (SSSR count). The second kappa shape index (κ2) is 5.30. The van der Waals surface area contributed by atoms with Crippen LogP contribution in [0.25, 0.3) is 22.6 Å². The fourth-order valence-electron chi connectivity index (χ4n) is 3.24. The molecule has 3 aromatic heterocycles. The summed E-state index contributed by atoms with van der Waals surface area (Å²) in [6, 6.07) is 2.00. The topological polar surface area (TPSA) is 69.1 Å². The van der Waals surface area contributed by atoms with Gasteiger partial charge in [-0.1, -0.05) is 10.7 Å². The van der Waals surface area contributed by atoms with Gasteiger partial charge in [0.15, 0.2) is 5.65 Å². The molecule has 3 aromatic rings. The van der Waals surface area contributed by atoms with E-state index < -0.39 is 0 Å². The molecule has 6 nitrogen and oxygen atoms in total. The number of aromatic nitrogens is 5. The molecule has 0 atom stereocenters. The smallest absolute Gasteiger partial charge is 0.253 e. The second-order valence-electron chi connectivity index (χ2n) is 6.19. The van der Waals surface area contributed by atoms with Crippen molar-refractivity contribution in [1.82, 2.24) is 24.7 Å². The Balaban J connectivity index is 1.79. The number of hydrogen-bond donors (Lipinski definition) is 0. The molecule has 0 radical (unpaired) electrons. The lowest BCUT2D eigenvalue weighted by atomic mass is 10.1. The molecule has 0 unspecified atom stereocenters. The molecule has 0 amide bonds. The lowest BCUT2D eigenvalue weighted by Crippen LogP contribution is -1.97. The molecule has 1 aliphatic carbocycles. The van der Waals surface area contributed by atoms with Gasteiger partial charge in [0, 0.05) is 17.0 Å². The third-order valence-corrected chi connectivity index (χ3v) is 4.50. The lowest BCUT2D eigenvalue weighted by Gasteiger charge is -2.00. The zero-order chi connectivity index (χ0) is 16.0. The summed E-state index contributed by atoms with van der Waals surface area (Å²) in [5.74, 6) is 1.16. The van der Waals surface area contributed by atoms with E-state index in [0.717, 1.165) is 41.0 Å². The van der Waals surface area contributed by atoms with Gasteiger partial charge in [-0.05, 0) is 52.5 Å². The van der Waals surface area contributed by atoms with E-state index in [9.17, 15) is 0 Å². The Bertz CT molecular complexity index is 910. The predicted octanol–water partition coefficient (Wildman–Crippen LogP) is 3.74. The maximum absolute atomic E-state index is 5.49. The summed E-state index contributed by atoms with van der Waals surface area (Å²) >= 11 is 0. The Hall–Kier alpha value is -2.50. The third-order valence-electron chi connectivity index (χ3n) is 4.50. The van der Waals surface area contributed by atoms with Crippen molar-refractivity contribution >= 4 is 11.2 Å². The first-order valence-corrected chi connectivity index (χ1v) is 7.98. The Kier molecular flexibility index (Phi) is 3.25. The molecular formula is C17H19N5O. The molecule has 3 heterocycles. The third kappa shape index (κ3) is 2.34. The van der Waals surface area contributed by atoms with Crippen molar-refractivity contribution in [3.8, 4) is 11.4 Å². The summed E-state index contributed by atoms with van der Waals surface area (Å²) in [6.07, 6.45) is 6.54. The van der Waals surface area contributed by atoms with E-state index in [4.69, 9.17) is 4.52 Å². The fourth-order valence-corrected chi connectivity index (χ4v) is 3.24. The second-order valence-corrected chi connectivity index (χ2v) is 6.19. The minimum atomic E-state index is 0.547.